The first-order chi connectivity index (χ1) is 5.84. The highest BCUT2D eigenvalue weighted by molar-refractivity contribution is 8.00. The highest BCUT2D eigenvalue weighted by atomic mass is 32.2. The van der Waals surface area contributed by atoms with E-state index in [1.807, 2.05) is 11.8 Å². The predicted molar refractivity (Wildman–Crippen MR) is 52.5 cm³/mol. The first-order valence-corrected chi connectivity index (χ1v) is 5.99. The van der Waals surface area contributed by atoms with Crippen molar-refractivity contribution >= 4 is 11.8 Å². The Kier molecular flexibility index (Phi) is 2.94. The van der Waals surface area contributed by atoms with Crippen LogP contribution in [0, 0.1) is 5.92 Å². The average Bonchev–Trinajstić information content (AvgIpc) is 1.90. The standard InChI is InChI=1S/C9H17NOS/c11-9-3-7(4-9)1-2-10-8-5-12-6-8/h7-11H,1-6H2. The molecule has 1 aliphatic carbocycles. The van der Waals surface area contributed by atoms with E-state index in [0.29, 0.717) is 0 Å². The molecule has 70 valence electrons. The normalized spacial score (nSPS) is 35.8. The molecule has 0 aromatic heterocycles. The van der Waals surface area contributed by atoms with E-state index in [1.54, 1.807) is 0 Å². The van der Waals surface area contributed by atoms with Gasteiger partial charge in [0.1, 0.15) is 0 Å². The Bertz CT molecular complexity index is 143. The minimum absolute atomic E-state index is 0.0225. The van der Waals surface area contributed by atoms with E-state index < -0.39 is 0 Å². The molecule has 0 bridgehead atoms. The summed E-state index contributed by atoms with van der Waals surface area (Å²) in [7, 11) is 0. The summed E-state index contributed by atoms with van der Waals surface area (Å²) < 4.78 is 0. The number of hydrogen-bond acceptors (Lipinski definition) is 3. The molecule has 2 nitrogen and oxygen atoms in total. The smallest absolute Gasteiger partial charge is 0.0545 e. The summed E-state index contributed by atoms with van der Waals surface area (Å²) in [6.07, 6.45) is 3.37. The van der Waals surface area contributed by atoms with Crippen LogP contribution in [0.3, 0.4) is 0 Å². The fourth-order valence-electron chi connectivity index (χ4n) is 1.78. The SMILES string of the molecule is OC1CC(CCNC2CSC2)C1. The molecule has 0 radical (unpaired) electrons. The molecule has 1 aliphatic heterocycles. The second kappa shape index (κ2) is 3.99. The number of thioether (sulfide) groups is 1. The van der Waals surface area contributed by atoms with Crippen molar-refractivity contribution in [2.45, 2.75) is 31.4 Å². The third kappa shape index (κ3) is 2.15. The Balaban J connectivity index is 1.46. The lowest BCUT2D eigenvalue weighted by Gasteiger charge is -2.33. The molecule has 2 rings (SSSR count). The second-order valence-corrected chi connectivity index (χ2v) is 5.04. The van der Waals surface area contributed by atoms with Gasteiger partial charge >= 0.3 is 0 Å². The molecule has 12 heavy (non-hydrogen) atoms. The van der Waals surface area contributed by atoms with Crippen LogP contribution >= 0.6 is 11.8 Å². The van der Waals surface area contributed by atoms with E-state index in [0.717, 1.165) is 31.3 Å². The molecule has 1 saturated carbocycles. The predicted octanol–water partition coefficient (Wildman–Crippen LogP) is 0.852. The van der Waals surface area contributed by atoms with Gasteiger partial charge in [-0.1, -0.05) is 0 Å². The molecule has 0 atom stereocenters. The van der Waals surface area contributed by atoms with Crippen LogP contribution in [-0.4, -0.2) is 35.3 Å². The van der Waals surface area contributed by atoms with Crippen LogP contribution in [0.2, 0.25) is 0 Å². The number of nitrogens with one attached hydrogen (secondary N) is 1. The molecular formula is C9H17NOS. The van der Waals surface area contributed by atoms with Gasteiger partial charge in [-0.2, -0.15) is 11.8 Å². The van der Waals surface area contributed by atoms with Gasteiger partial charge in [0.05, 0.1) is 6.10 Å². The topological polar surface area (TPSA) is 32.3 Å². The third-order valence-corrected chi connectivity index (χ3v) is 4.11. The van der Waals surface area contributed by atoms with E-state index in [2.05, 4.69) is 5.32 Å². The zero-order valence-corrected chi connectivity index (χ0v) is 8.15. The summed E-state index contributed by atoms with van der Waals surface area (Å²) in [5.74, 6) is 3.40. The second-order valence-electron chi connectivity index (χ2n) is 3.97. The summed E-state index contributed by atoms with van der Waals surface area (Å²) in [4.78, 5) is 0. The Morgan fingerprint density at radius 2 is 2.08 bits per heavy atom. The van der Waals surface area contributed by atoms with Crippen molar-refractivity contribution < 1.29 is 5.11 Å². The average molecular weight is 187 g/mol. The number of rotatable bonds is 4. The maximum atomic E-state index is 9.06. The highest BCUT2D eigenvalue weighted by Crippen LogP contribution is 2.29. The molecule has 1 heterocycles. The van der Waals surface area contributed by atoms with Crippen molar-refractivity contribution in [2.75, 3.05) is 18.1 Å². The Hall–Kier alpha value is 0.270. The van der Waals surface area contributed by atoms with Crippen LogP contribution in [0.5, 0.6) is 0 Å². The lowest BCUT2D eigenvalue weighted by Crippen LogP contribution is -2.42. The summed E-state index contributed by atoms with van der Waals surface area (Å²) in [5.41, 5.74) is 0. The van der Waals surface area contributed by atoms with Crippen molar-refractivity contribution in [3.05, 3.63) is 0 Å². The molecule has 0 aromatic rings. The molecule has 1 saturated heterocycles. The van der Waals surface area contributed by atoms with Gasteiger partial charge in [0.25, 0.3) is 0 Å². The monoisotopic (exact) mass is 187 g/mol. The number of aliphatic hydroxyl groups is 1. The van der Waals surface area contributed by atoms with Crippen molar-refractivity contribution in [1.29, 1.82) is 0 Å². The van der Waals surface area contributed by atoms with E-state index in [1.165, 1.54) is 17.9 Å². The first-order valence-electron chi connectivity index (χ1n) is 4.84. The summed E-state index contributed by atoms with van der Waals surface area (Å²) in [6.45, 7) is 1.16. The van der Waals surface area contributed by atoms with Gasteiger partial charge in [-0.3, -0.25) is 0 Å². The largest absolute Gasteiger partial charge is 0.393 e. The molecule has 0 unspecified atom stereocenters. The zero-order chi connectivity index (χ0) is 8.39. The fourth-order valence-corrected chi connectivity index (χ4v) is 2.49. The Morgan fingerprint density at radius 1 is 1.33 bits per heavy atom. The van der Waals surface area contributed by atoms with Gasteiger partial charge in [-0.25, -0.2) is 0 Å². The van der Waals surface area contributed by atoms with Crippen molar-refractivity contribution in [2.24, 2.45) is 5.92 Å². The summed E-state index contributed by atoms with van der Waals surface area (Å²) >= 11 is 2.02. The van der Waals surface area contributed by atoms with Crippen molar-refractivity contribution in [3.63, 3.8) is 0 Å². The van der Waals surface area contributed by atoms with E-state index in [-0.39, 0.29) is 6.10 Å². The van der Waals surface area contributed by atoms with Crippen LogP contribution in [0.15, 0.2) is 0 Å². The number of hydrogen-bond donors (Lipinski definition) is 2. The van der Waals surface area contributed by atoms with Crippen LogP contribution in [-0.2, 0) is 0 Å². The maximum absolute atomic E-state index is 9.06. The number of aliphatic hydroxyl groups excluding tert-OH is 1. The molecule has 0 amide bonds. The molecular weight excluding hydrogens is 170 g/mol. The first kappa shape index (κ1) is 8.85. The zero-order valence-electron chi connectivity index (χ0n) is 7.33. The lowest BCUT2D eigenvalue weighted by molar-refractivity contribution is 0.0392. The molecule has 2 aliphatic rings. The van der Waals surface area contributed by atoms with Crippen LogP contribution in [0.1, 0.15) is 19.3 Å². The molecule has 3 heteroatoms. The van der Waals surface area contributed by atoms with Crippen LogP contribution in [0.25, 0.3) is 0 Å². The molecule has 0 aromatic carbocycles. The third-order valence-electron chi connectivity index (χ3n) is 2.83. The highest BCUT2D eigenvalue weighted by Gasteiger charge is 2.26. The minimum Gasteiger partial charge on any atom is -0.393 e. The van der Waals surface area contributed by atoms with Gasteiger partial charge in [0, 0.05) is 17.5 Å². The molecule has 0 spiro atoms. The summed E-state index contributed by atoms with van der Waals surface area (Å²) in [6, 6.07) is 0.792. The molecule has 2 N–H and O–H groups in total. The van der Waals surface area contributed by atoms with Crippen molar-refractivity contribution in [1.82, 2.24) is 5.32 Å². The summed E-state index contributed by atoms with van der Waals surface area (Å²) in [5, 5.41) is 12.6. The van der Waals surface area contributed by atoms with E-state index in [9.17, 15) is 0 Å². The lowest BCUT2D eigenvalue weighted by atomic mass is 9.80. The van der Waals surface area contributed by atoms with Gasteiger partial charge in [0.2, 0.25) is 0 Å². The Morgan fingerprint density at radius 3 is 2.58 bits per heavy atom. The molecule has 2 fully saturated rings. The minimum atomic E-state index is 0.0225. The quantitative estimate of drug-likeness (QED) is 0.684. The van der Waals surface area contributed by atoms with Gasteiger partial charge in [0.15, 0.2) is 0 Å². The Labute approximate surface area is 78.1 Å². The van der Waals surface area contributed by atoms with Crippen LogP contribution in [0.4, 0.5) is 0 Å². The van der Waals surface area contributed by atoms with Gasteiger partial charge < -0.3 is 10.4 Å². The van der Waals surface area contributed by atoms with Gasteiger partial charge in [-0.05, 0) is 31.7 Å². The van der Waals surface area contributed by atoms with Crippen LogP contribution < -0.4 is 5.32 Å². The van der Waals surface area contributed by atoms with E-state index >= 15 is 0 Å². The maximum Gasteiger partial charge on any atom is 0.0545 e. The van der Waals surface area contributed by atoms with E-state index in [4.69, 9.17) is 5.11 Å². The van der Waals surface area contributed by atoms with Gasteiger partial charge in [-0.15, -0.1) is 0 Å². The van der Waals surface area contributed by atoms with Crippen molar-refractivity contribution in [3.8, 4) is 0 Å². The fraction of sp³-hybridized carbons (Fsp3) is 1.00.